The second-order valence-corrected chi connectivity index (χ2v) is 8.83. The first-order chi connectivity index (χ1) is 11.5. The molecule has 24 heavy (non-hydrogen) atoms. The molecule has 0 saturated carbocycles. The molecular formula is C16H26N4O3S. The molecule has 1 aromatic rings. The molecular weight excluding hydrogens is 328 g/mol. The highest BCUT2D eigenvalue weighted by atomic mass is 32.2. The molecule has 3 rings (SSSR count). The largest absolute Gasteiger partial charge is 0.396 e. The summed E-state index contributed by atoms with van der Waals surface area (Å²) in [6.45, 7) is 3.54. The summed E-state index contributed by atoms with van der Waals surface area (Å²) in [5.74, 6) is 1.07. The first kappa shape index (κ1) is 17.6. The van der Waals surface area contributed by atoms with Gasteiger partial charge in [-0.15, -0.1) is 0 Å². The van der Waals surface area contributed by atoms with Gasteiger partial charge in [0.15, 0.2) is 9.84 Å². The minimum absolute atomic E-state index is 0.111. The van der Waals surface area contributed by atoms with Gasteiger partial charge < -0.3 is 15.3 Å². The molecule has 2 aliphatic rings. The molecule has 0 radical (unpaired) electrons. The first-order valence-corrected chi connectivity index (χ1v) is 10.5. The molecule has 0 aliphatic carbocycles. The number of nitrogens with zero attached hydrogens (tertiary/aromatic N) is 3. The summed E-state index contributed by atoms with van der Waals surface area (Å²) in [5.41, 5.74) is 0.652. The van der Waals surface area contributed by atoms with Gasteiger partial charge in [-0.1, -0.05) is 0 Å². The molecule has 0 bridgehead atoms. The van der Waals surface area contributed by atoms with E-state index in [-0.39, 0.29) is 17.4 Å². The zero-order valence-corrected chi connectivity index (χ0v) is 14.9. The van der Waals surface area contributed by atoms with Crippen molar-refractivity contribution < 1.29 is 13.5 Å². The summed E-state index contributed by atoms with van der Waals surface area (Å²) >= 11 is 0. The van der Waals surface area contributed by atoms with Crippen LogP contribution in [0, 0.1) is 5.92 Å². The topological polar surface area (TPSA) is 95.4 Å². The molecule has 1 aromatic heterocycles. The summed E-state index contributed by atoms with van der Waals surface area (Å²) < 4.78 is 24.2. The number of rotatable bonds is 4. The quantitative estimate of drug-likeness (QED) is 0.815. The second kappa shape index (κ2) is 7.33. The molecule has 2 N–H and O–H groups in total. The van der Waals surface area contributed by atoms with E-state index < -0.39 is 9.84 Å². The van der Waals surface area contributed by atoms with Gasteiger partial charge in [-0.2, -0.15) is 0 Å². The van der Waals surface area contributed by atoms with E-state index in [0.29, 0.717) is 17.6 Å². The maximum atomic E-state index is 12.1. The molecule has 0 amide bonds. The molecule has 0 spiro atoms. The van der Waals surface area contributed by atoms with E-state index >= 15 is 0 Å². The number of hydrogen-bond donors (Lipinski definition) is 2. The minimum atomic E-state index is -3.35. The lowest BCUT2D eigenvalue weighted by atomic mass is 9.96. The van der Waals surface area contributed by atoms with Crippen molar-refractivity contribution in [1.29, 1.82) is 0 Å². The van der Waals surface area contributed by atoms with Crippen LogP contribution in [0.3, 0.4) is 0 Å². The van der Waals surface area contributed by atoms with Crippen LogP contribution in [-0.2, 0) is 9.84 Å². The van der Waals surface area contributed by atoms with E-state index in [1.807, 2.05) is 0 Å². The van der Waals surface area contributed by atoms with Gasteiger partial charge in [-0.05, 0) is 38.1 Å². The zero-order chi connectivity index (χ0) is 17.2. The molecule has 1 unspecified atom stereocenters. The summed E-state index contributed by atoms with van der Waals surface area (Å²) in [6, 6.07) is 0. The molecule has 7 nitrogen and oxygen atoms in total. The molecule has 2 fully saturated rings. The van der Waals surface area contributed by atoms with Gasteiger partial charge in [-0.25, -0.2) is 18.4 Å². The third-order valence-corrected chi connectivity index (χ3v) is 6.12. The zero-order valence-electron chi connectivity index (χ0n) is 14.1. The summed E-state index contributed by atoms with van der Waals surface area (Å²) in [7, 11) is -3.35. The van der Waals surface area contributed by atoms with Crippen molar-refractivity contribution in [1.82, 2.24) is 15.3 Å². The Kier molecular flexibility index (Phi) is 5.36. The fourth-order valence-electron chi connectivity index (χ4n) is 3.51. The number of hydrogen-bond acceptors (Lipinski definition) is 7. The summed E-state index contributed by atoms with van der Waals surface area (Å²) in [5, 5.41) is 12.6. The van der Waals surface area contributed by atoms with E-state index in [0.717, 1.165) is 51.9 Å². The van der Waals surface area contributed by atoms with Crippen molar-refractivity contribution in [2.45, 2.75) is 36.5 Å². The van der Waals surface area contributed by atoms with Gasteiger partial charge >= 0.3 is 0 Å². The average Bonchev–Trinajstić information content (AvgIpc) is 2.61. The van der Waals surface area contributed by atoms with Crippen LogP contribution >= 0.6 is 0 Å². The Hall–Kier alpha value is -1.25. The number of sulfone groups is 1. The third kappa shape index (κ3) is 3.87. The van der Waals surface area contributed by atoms with E-state index in [1.165, 1.54) is 12.5 Å². The van der Waals surface area contributed by atoms with Crippen LogP contribution < -0.4 is 10.2 Å². The Balaban J connectivity index is 1.89. The number of aliphatic hydroxyl groups excluding tert-OH is 1. The van der Waals surface area contributed by atoms with Crippen molar-refractivity contribution in [3.63, 3.8) is 0 Å². The van der Waals surface area contributed by atoms with E-state index in [9.17, 15) is 13.5 Å². The van der Waals surface area contributed by atoms with E-state index in [1.54, 1.807) is 0 Å². The van der Waals surface area contributed by atoms with Crippen LogP contribution in [0.25, 0.3) is 0 Å². The molecule has 3 heterocycles. The maximum Gasteiger partial charge on any atom is 0.225 e. The molecule has 0 aromatic carbocycles. The van der Waals surface area contributed by atoms with Gasteiger partial charge in [0, 0.05) is 38.4 Å². The SMILES string of the molecule is CS(=O)(=O)c1cnc(N2CCC(CO)CC2)nc1C1CCCNC1. The molecule has 1 atom stereocenters. The number of anilines is 1. The summed E-state index contributed by atoms with van der Waals surface area (Å²) in [4.78, 5) is 11.3. The fourth-order valence-corrected chi connectivity index (χ4v) is 4.34. The van der Waals surface area contributed by atoms with E-state index in [2.05, 4.69) is 20.2 Å². The molecule has 2 saturated heterocycles. The number of nitrogens with one attached hydrogen (secondary N) is 1. The lowest BCUT2D eigenvalue weighted by molar-refractivity contribution is 0.202. The summed E-state index contributed by atoms with van der Waals surface area (Å²) in [6.07, 6.45) is 6.48. The van der Waals surface area contributed by atoms with Crippen molar-refractivity contribution >= 4 is 15.8 Å². The van der Waals surface area contributed by atoms with E-state index in [4.69, 9.17) is 0 Å². The second-order valence-electron chi connectivity index (χ2n) is 6.85. The lowest BCUT2D eigenvalue weighted by Crippen LogP contribution is -2.36. The van der Waals surface area contributed by atoms with Crippen LogP contribution in [0.2, 0.25) is 0 Å². The van der Waals surface area contributed by atoms with Crippen LogP contribution in [-0.4, -0.2) is 62.5 Å². The van der Waals surface area contributed by atoms with Crippen molar-refractivity contribution in [2.24, 2.45) is 5.92 Å². The monoisotopic (exact) mass is 354 g/mol. The minimum Gasteiger partial charge on any atom is -0.396 e. The Labute approximate surface area is 143 Å². The Morgan fingerprint density at radius 1 is 1.33 bits per heavy atom. The molecule has 8 heteroatoms. The predicted molar refractivity (Wildman–Crippen MR) is 92.0 cm³/mol. The van der Waals surface area contributed by atoms with Gasteiger partial charge in [0.2, 0.25) is 5.95 Å². The number of aliphatic hydroxyl groups is 1. The highest BCUT2D eigenvalue weighted by molar-refractivity contribution is 7.90. The predicted octanol–water partition coefficient (Wildman–Crippen LogP) is 0.556. The Morgan fingerprint density at radius 2 is 2.08 bits per heavy atom. The van der Waals surface area contributed by atoms with Crippen LogP contribution in [0.5, 0.6) is 0 Å². The third-order valence-electron chi connectivity index (χ3n) is 5.01. The van der Waals surface area contributed by atoms with Crippen LogP contribution in [0.4, 0.5) is 5.95 Å². The van der Waals surface area contributed by atoms with Crippen LogP contribution in [0.15, 0.2) is 11.1 Å². The highest BCUT2D eigenvalue weighted by Gasteiger charge is 2.27. The maximum absolute atomic E-state index is 12.1. The smallest absolute Gasteiger partial charge is 0.225 e. The first-order valence-electron chi connectivity index (χ1n) is 8.62. The Bertz CT molecular complexity index is 666. The Morgan fingerprint density at radius 3 is 2.67 bits per heavy atom. The number of piperidine rings is 2. The van der Waals surface area contributed by atoms with Crippen molar-refractivity contribution in [2.75, 3.05) is 43.9 Å². The van der Waals surface area contributed by atoms with Crippen LogP contribution in [0.1, 0.15) is 37.3 Å². The highest BCUT2D eigenvalue weighted by Crippen LogP contribution is 2.29. The van der Waals surface area contributed by atoms with Gasteiger partial charge in [0.25, 0.3) is 0 Å². The van der Waals surface area contributed by atoms with Crippen molar-refractivity contribution in [3.8, 4) is 0 Å². The van der Waals surface area contributed by atoms with Crippen molar-refractivity contribution in [3.05, 3.63) is 11.9 Å². The van der Waals surface area contributed by atoms with Gasteiger partial charge in [0.1, 0.15) is 4.90 Å². The average molecular weight is 354 g/mol. The molecule has 134 valence electrons. The van der Waals surface area contributed by atoms with Gasteiger partial charge in [0.05, 0.1) is 11.9 Å². The lowest BCUT2D eigenvalue weighted by Gasteiger charge is -2.32. The normalized spacial score (nSPS) is 23.4. The molecule has 2 aliphatic heterocycles. The standard InChI is InChI=1S/C16H26N4O3S/c1-24(22,23)14-10-18-16(20-7-4-12(11-21)5-8-20)19-15(14)13-3-2-6-17-9-13/h10,12-13,17,21H,2-9,11H2,1H3. The number of aromatic nitrogens is 2. The fraction of sp³-hybridized carbons (Fsp3) is 0.750. The van der Waals surface area contributed by atoms with Gasteiger partial charge in [-0.3, -0.25) is 0 Å².